The normalized spacial score (nSPS) is 10.3. The maximum absolute atomic E-state index is 13.5. The van der Waals surface area contributed by atoms with Gasteiger partial charge in [-0.15, -0.1) is 0 Å². The van der Waals surface area contributed by atoms with Gasteiger partial charge in [0.05, 0.1) is 5.69 Å². The van der Waals surface area contributed by atoms with E-state index in [-0.39, 0.29) is 11.4 Å². The molecule has 1 heterocycles. The molecule has 1 amide bonds. The summed E-state index contributed by atoms with van der Waals surface area (Å²) in [6.45, 7) is 1.92. The average Bonchev–Trinajstić information content (AvgIpc) is 2.81. The van der Waals surface area contributed by atoms with Crippen molar-refractivity contribution in [2.45, 2.75) is 13.3 Å². The van der Waals surface area contributed by atoms with E-state index in [1.54, 1.807) is 12.1 Å². The number of amides is 1. The molecule has 0 atom stereocenters. The molecule has 1 aromatic heterocycles. The van der Waals surface area contributed by atoms with Gasteiger partial charge < -0.3 is 15.5 Å². The molecule has 5 heteroatoms. The van der Waals surface area contributed by atoms with Crippen LogP contribution in [-0.2, 0) is 6.42 Å². The average molecular weight is 248 g/mol. The molecule has 0 spiro atoms. The summed E-state index contributed by atoms with van der Waals surface area (Å²) in [5.41, 5.74) is 5.79. The van der Waals surface area contributed by atoms with Gasteiger partial charge in [0.2, 0.25) is 0 Å². The standard InChI is InChI=1S/C13H13FN2O2/c1-2-9-4-6-12(18-9)13(17)16-11-5-3-8(15)7-10(11)14/h3-7H,2,15H2,1H3,(H,16,17). The number of furan rings is 1. The lowest BCUT2D eigenvalue weighted by Crippen LogP contribution is -2.12. The summed E-state index contributed by atoms with van der Waals surface area (Å²) in [6, 6.07) is 7.34. The first kappa shape index (κ1) is 12.2. The number of carbonyl (C=O) groups is 1. The van der Waals surface area contributed by atoms with Crippen LogP contribution in [0.5, 0.6) is 0 Å². The molecular weight excluding hydrogens is 235 g/mol. The Hall–Kier alpha value is -2.30. The van der Waals surface area contributed by atoms with Crippen molar-refractivity contribution in [3.8, 4) is 0 Å². The molecule has 2 aromatic rings. The van der Waals surface area contributed by atoms with E-state index in [4.69, 9.17) is 10.2 Å². The third-order valence-corrected chi connectivity index (χ3v) is 2.48. The predicted molar refractivity (Wildman–Crippen MR) is 66.9 cm³/mol. The quantitative estimate of drug-likeness (QED) is 0.820. The summed E-state index contributed by atoms with van der Waals surface area (Å²) in [4.78, 5) is 11.8. The van der Waals surface area contributed by atoms with Crippen LogP contribution >= 0.6 is 0 Å². The zero-order chi connectivity index (χ0) is 13.1. The zero-order valence-corrected chi connectivity index (χ0v) is 9.87. The number of aryl methyl sites for hydroxylation is 1. The Kier molecular flexibility index (Phi) is 3.32. The van der Waals surface area contributed by atoms with Gasteiger partial charge in [-0.2, -0.15) is 0 Å². The number of nitrogens with one attached hydrogen (secondary N) is 1. The number of hydrogen-bond acceptors (Lipinski definition) is 3. The molecule has 1 aromatic carbocycles. The smallest absolute Gasteiger partial charge is 0.291 e. The van der Waals surface area contributed by atoms with Crippen LogP contribution in [0.2, 0.25) is 0 Å². The Morgan fingerprint density at radius 2 is 2.17 bits per heavy atom. The molecule has 0 fully saturated rings. The number of halogens is 1. The van der Waals surface area contributed by atoms with Crippen LogP contribution in [0.4, 0.5) is 15.8 Å². The molecule has 94 valence electrons. The summed E-state index contributed by atoms with van der Waals surface area (Å²) < 4.78 is 18.7. The van der Waals surface area contributed by atoms with Crippen molar-refractivity contribution in [2.24, 2.45) is 0 Å². The third kappa shape index (κ3) is 2.51. The lowest BCUT2D eigenvalue weighted by atomic mass is 10.2. The van der Waals surface area contributed by atoms with Crippen LogP contribution in [0.25, 0.3) is 0 Å². The largest absolute Gasteiger partial charge is 0.456 e. The first-order chi connectivity index (χ1) is 8.60. The summed E-state index contributed by atoms with van der Waals surface area (Å²) in [5.74, 6) is -0.204. The maximum atomic E-state index is 13.5. The van der Waals surface area contributed by atoms with Gasteiger partial charge in [0.25, 0.3) is 5.91 Å². The Bertz CT molecular complexity index is 578. The molecular formula is C13H13FN2O2. The highest BCUT2D eigenvalue weighted by molar-refractivity contribution is 6.02. The molecule has 0 aliphatic rings. The fourth-order valence-electron chi connectivity index (χ4n) is 1.51. The highest BCUT2D eigenvalue weighted by atomic mass is 19.1. The minimum Gasteiger partial charge on any atom is -0.456 e. The molecule has 0 radical (unpaired) electrons. The molecule has 0 bridgehead atoms. The van der Waals surface area contributed by atoms with Crippen LogP contribution in [-0.4, -0.2) is 5.91 Å². The first-order valence-corrected chi connectivity index (χ1v) is 5.55. The van der Waals surface area contributed by atoms with E-state index in [9.17, 15) is 9.18 Å². The van der Waals surface area contributed by atoms with Gasteiger partial charge in [0.15, 0.2) is 5.76 Å². The number of carbonyl (C=O) groups excluding carboxylic acids is 1. The molecule has 0 saturated carbocycles. The maximum Gasteiger partial charge on any atom is 0.291 e. The second-order valence-electron chi connectivity index (χ2n) is 3.81. The zero-order valence-electron chi connectivity index (χ0n) is 9.87. The van der Waals surface area contributed by atoms with Gasteiger partial charge in [-0.3, -0.25) is 4.79 Å². The Labute approximate surface area is 104 Å². The van der Waals surface area contributed by atoms with Gasteiger partial charge in [-0.1, -0.05) is 6.92 Å². The second-order valence-corrected chi connectivity index (χ2v) is 3.81. The molecule has 18 heavy (non-hydrogen) atoms. The molecule has 3 N–H and O–H groups in total. The summed E-state index contributed by atoms with van der Waals surface area (Å²) in [7, 11) is 0. The topological polar surface area (TPSA) is 68.3 Å². The minimum absolute atomic E-state index is 0.0728. The van der Waals surface area contributed by atoms with Crippen molar-refractivity contribution >= 4 is 17.3 Å². The fourth-order valence-corrected chi connectivity index (χ4v) is 1.51. The van der Waals surface area contributed by atoms with E-state index in [0.717, 1.165) is 6.07 Å². The van der Waals surface area contributed by atoms with Crippen molar-refractivity contribution in [1.29, 1.82) is 0 Å². The number of rotatable bonds is 3. The molecule has 0 aliphatic carbocycles. The van der Waals surface area contributed by atoms with Crippen molar-refractivity contribution in [3.63, 3.8) is 0 Å². The number of anilines is 2. The summed E-state index contributed by atoms with van der Waals surface area (Å²) in [6.07, 6.45) is 0.698. The van der Waals surface area contributed by atoms with Crippen LogP contribution < -0.4 is 11.1 Å². The van der Waals surface area contributed by atoms with Crippen molar-refractivity contribution in [2.75, 3.05) is 11.1 Å². The van der Waals surface area contributed by atoms with E-state index in [1.807, 2.05) is 6.92 Å². The molecule has 4 nitrogen and oxygen atoms in total. The number of nitrogens with two attached hydrogens (primary N) is 1. The lowest BCUT2D eigenvalue weighted by molar-refractivity contribution is 0.0994. The van der Waals surface area contributed by atoms with Crippen LogP contribution in [0.15, 0.2) is 34.7 Å². The van der Waals surface area contributed by atoms with Gasteiger partial charge in [-0.25, -0.2) is 4.39 Å². The third-order valence-electron chi connectivity index (χ3n) is 2.48. The number of hydrogen-bond donors (Lipinski definition) is 2. The minimum atomic E-state index is -0.578. The molecule has 2 rings (SSSR count). The highest BCUT2D eigenvalue weighted by Gasteiger charge is 2.13. The van der Waals surface area contributed by atoms with Gasteiger partial charge >= 0.3 is 0 Å². The molecule has 0 saturated heterocycles. The summed E-state index contributed by atoms with van der Waals surface area (Å²) in [5, 5.41) is 2.43. The first-order valence-electron chi connectivity index (χ1n) is 5.55. The van der Waals surface area contributed by atoms with E-state index < -0.39 is 11.7 Å². The van der Waals surface area contributed by atoms with Gasteiger partial charge in [0.1, 0.15) is 11.6 Å². The van der Waals surface area contributed by atoms with Crippen LogP contribution in [0, 0.1) is 5.82 Å². The van der Waals surface area contributed by atoms with Crippen molar-refractivity contribution in [1.82, 2.24) is 0 Å². The lowest BCUT2D eigenvalue weighted by Gasteiger charge is -2.05. The Morgan fingerprint density at radius 1 is 1.39 bits per heavy atom. The van der Waals surface area contributed by atoms with Crippen molar-refractivity contribution in [3.05, 3.63) is 47.7 Å². The van der Waals surface area contributed by atoms with E-state index in [0.29, 0.717) is 17.9 Å². The molecule has 0 unspecified atom stereocenters. The Morgan fingerprint density at radius 3 is 2.78 bits per heavy atom. The van der Waals surface area contributed by atoms with E-state index in [2.05, 4.69) is 5.32 Å². The number of nitrogen functional groups attached to an aromatic ring is 1. The van der Waals surface area contributed by atoms with Crippen LogP contribution in [0.1, 0.15) is 23.2 Å². The summed E-state index contributed by atoms with van der Waals surface area (Å²) >= 11 is 0. The van der Waals surface area contributed by atoms with E-state index in [1.165, 1.54) is 12.1 Å². The molecule has 0 aliphatic heterocycles. The van der Waals surface area contributed by atoms with Crippen LogP contribution in [0.3, 0.4) is 0 Å². The monoisotopic (exact) mass is 248 g/mol. The van der Waals surface area contributed by atoms with E-state index >= 15 is 0 Å². The predicted octanol–water partition coefficient (Wildman–Crippen LogP) is 2.82. The highest BCUT2D eigenvalue weighted by Crippen LogP contribution is 2.18. The second kappa shape index (κ2) is 4.91. The number of benzene rings is 1. The Balaban J connectivity index is 2.16. The SMILES string of the molecule is CCc1ccc(C(=O)Nc2ccc(N)cc2F)o1. The van der Waals surface area contributed by atoms with Gasteiger partial charge in [0, 0.05) is 12.1 Å². The van der Waals surface area contributed by atoms with Crippen molar-refractivity contribution < 1.29 is 13.6 Å². The van der Waals surface area contributed by atoms with Gasteiger partial charge in [-0.05, 0) is 30.3 Å². The fraction of sp³-hybridized carbons (Fsp3) is 0.154.